The number of hydrogen-bond acceptors (Lipinski definition) is 2. The number of anilines is 1. The number of carbonyl (C=O) groups is 1. The van der Waals surface area contributed by atoms with E-state index in [1.165, 1.54) is 0 Å². The number of amides is 1. The van der Waals surface area contributed by atoms with Gasteiger partial charge in [-0.1, -0.05) is 51.3 Å². The van der Waals surface area contributed by atoms with E-state index in [9.17, 15) is 4.79 Å². The molecule has 23 heavy (non-hydrogen) atoms. The van der Waals surface area contributed by atoms with Crippen molar-refractivity contribution in [1.82, 2.24) is 4.90 Å². The minimum atomic E-state index is -0.0323. The van der Waals surface area contributed by atoms with E-state index in [-0.39, 0.29) is 5.91 Å². The molecule has 0 bridgehead atoms. The first-order chi connectivity index (χ1) is 11.1. The van der Waals surface area contributed by atoms with Crippen LogP contribution in [0.3, 0.4) is 0 Å². The van der Waals surface area contributed by atoms with E-state index in [0.29, 0.717) is 23.7 Å². The highest BCUT2D eigenvalue weighted by Gasteiger charge is 2.24. The molecule has 0 atom stereocenters. The molecule has 0 radical (unpaired) electrons. The molecule has 1 heterocycles. The van der Waals surface area contributed by atoms with Crippen LogP contribution in [0.2, 0.25) is 10.0 Å². The Balaban J connectivity index is 1.70. The maximum atomic E-state index is 12.7. The normalized spacial score (nSPS) is 14.9. The molecule has 2 aromatic carbocycles. The van der Waals surface area contributed by atoms with Crippen LogP contribution in [0.1, 0.15) is 10.4 Å². The number of halogens is 3. The molecule has 120 valence electrons. The zero-order chi connectivity index (χ0) is 16.4. The molecule has 0 unspecified atom stereocenters. The minimum absolute atomic E-state index is 0.0323. The van der Waals surface area contributed by atoms with Crippen molar-refractivity contribution in [2.75, 3.05) is 31.1 Å². The Labute approximate surface area is 153 Å². The number of rotatable bonds is 2. The molecule has 0 aliphatic carbocycles. The lowest BCUT2D eigenvalue weighted by Crippen LogP contribution is -2.49. The lowest BCUT2D eigenvalue weighted by molar-refractivity contribution is 0.0747. The third-order valence-corrected chi connectivity index (χ3v) is 5.06. The molecule has 1 amide bonds. The Morgan fingerprint density at radius 3 is 2.35 bits per heavy atom. The van der Waals surface area contributed by atoms with E-state index in [1.807, 2.05) is 35.2 Å². The molecule has 2 aromatic rings. The Bertz CT molecular complexity index is 730. The molecule has 3 rings (SSSR count). The predicted octanol–water partition coefficient (Wildman–Crippen LogP) is 4.72. The van der Waals surface area contributed by atoms with Crippen LogP contribution in [0.4, 0.5) is 5.69 Å². The van der Waals surface area contributed by atoms with E-state index in [4.69, 9.17) is 23.2 Å². The van der Waals surface area contributed by atoms with Gasteiger partial charge in [0, 0.05) is 30.7 Å². The van der Waals surface area contributed by atoms with Crippen LogP contribution < -0.4 is 4.90 Å². The Kier molecular flexibility index (Phi) is 5.14. The van der Waals surface area contributed by atoms with Crippen molar-refractivity contribution in [1.29, 1.82) is 0 Å². The molecule has 6 heteroatoms. The van der Waals surface area contributed by atoms with Gasteiger partial charge >= 0.3 is 0 Å². The highest BCUT2D eigenvalue weighted by atomic mass is 79.9. The predicted molar refractivity (Wildman–Crippen MR) is 98.7 cm³/mol. The lowest BCUT2D eigenvalue weighted by Gasteiger charge is -2.36. The van der Waals surface area contributed by atoms with Gasteiger partial charge in [-0.05, 0) is 30.3 Å². The van der Waals surface area contributed by atoms with Gasteiger partial charge in [-0.15, -0.1) is 0 Å². The zero-order valence-electron chi connectivity index (χ0n) is 12.3. The standard InChI is InChI=1S/C17H15BrCl2N2O/c18-12-5-6-14(19)13(11-12)17(23)22-9-7-21(8-10-22)16-4-2-1-3-15(16)20/h1-6,11H,7-10H2. The van der Waals surface area contributed by atoms with Crippen molar-refractivity contribution in [3.8, 4) is 0 Å². The molecule has 1 aliphatic heterocycles. The highest BCUT2D eigenvalue weighted by molar-refractivity contribution is 9.10. The fourth-order valence-corrected chi connectivity index (χ4v) is 3.51. The smallest absolute Gasteiger partial charge is 0.255 e. The summed E-state index contributed by atoms with van der Waals surface area (Å²) in [7, 11) is 0. The first-order valence-corrected chi connectivity index (χ1v) is 8.85. The highest BCUT2D eigenvalue weighted by Crippen LogP contribution is 2.27. The number of benzene rings is 2. The van der Waals surface area contributed by atoms with E-state index in [1.54, 1.807) is 12.1 Å². The van der Waals surface area contributed by atoms with E-state index in [2.05, 4.69) is 20.8 Å². The number of carbonyl (C=O) groups excluding carboxylic acids is 1. The molecular weight excluding hydrogens is 399 g/mol. The van der Waals surface area contributed by atoms with Gasteiger partial charge in [-0.25, -0.2) is 0 Å². The molecule has 0 aromatic heterocycles. The van der Waals surface area contributed by atoms with Crippen molar-refractivity contribution in [2.45, 2.75) is 0 Å². The summed E-state index contributed by atoms with van der Waals surface area (Å²) in [6.07, 6.45) is 0. The summed E-state index contributed by atoms with van der Waals surface area (Å²) in [5.74, 6) is -0.0323. The van der Waals surface area contributed by atoms with Crippen molar-refractivity contribution in [3.05, 3.63) is 62.5 Å². The number of hydrogen-bond donors (Lipinski definition) is 0. The summed E-state index contributed by atoms with van der Waals surface area (Å²) < 4.78 is 0.847. The maximum Gasteiger partial charge on any atom is 0.255 e. The minimum Gasteiger partial charge on any atom is -0.367 e. The summed E-state index contributed by atoms with van der Waals surface area (Å²) in [6, 6.07) is 13.1. The number of para-hydroxylation sites is 1. The third kappa shape index (κ3) is 3.65. The Morgan fingerprint density at radius 1 is 0.957 bits per heavy atom. The first kappa shape index (κ1) is 16.6. The zero-order valence-corrected chi connectivity index (χ0v) is 15.4. The van der Waals surface area contributed by atoms with Gasteiger partial charge < -0.3 is 9.80 Å². The summed E-state index contributed by atoms with van der Waals surface area (Å²) in [6.45, 7) is 2.79. The van der Waals surface area contributed by atoms with Gasteiger partial charge in [-0.3, -0.25) is 4.79 Å². The first-order valence-electron chi connectivity index (χ1n) is 7.30. The number of nitrogens with zero attached hydrogens (tertiary/aromatic N) is 2. The van der Waals surface area contributed by atoms with Crippen LogP contribution in [0, 0.1) is 0 Å². The lowest BCUT2D eigenvalue weighted by atomic mass is 10.1. The van der Waals surface area contributed by atoms with Crippen LogP contribution in [0.5, 0.6) is 0 Å². The molecule has 1 saturated heterocycles. The quantitative estimate of drug-likeness (QED) is 0.711. The second-order valence-electron chi connectivity index (χ2n) is 5.35. The van der Waals surface area contributed by atoms with Gasteiger partial charge in [0.05, 0.1) is 21.3 Å². The molecule has 3 nitrogen and oxygen atoms in total. The second-order valence-corrected chi connectivity index (χ2v) is 7.08. The topological polar surface area (TPSA) is 23.6 Å². The molecule has 0 spiro atoms. The van der Waals surface area contributed by atoms with Crippen LogP contribution in [-0.4, -0.2) is 37.0 Å². The Morgan fingerprint density at radius 2 is 1.65 bits per heavy atom. The van der Waals surface area contributed by atoms with Gasteiger partial charge in [0.2, 0.25) is 0 Å². The largest absolute Gasteiger partial charge is 0.367 e. The average Bonchev–Trinajstić information content (AvgIpc) is 2.57. The second kappa shape index (κ2) is 7.12. The van der Waals surface area contributed by atoms with Crippen molar-refractivity contribution in [2.24, 2.45) is 0 Å². The summed E-state index contributed by atoms with van der Waals surface area (Å²) in [5.41, 5.74) is 1.55. The van der Waals surface area contributed by atoms with Crippen LogP contribution in [0.25, 0.3) is 0 Å². The molecule has 0 N–H and O–H groups in total. The van der Waals surface area contributed by atoms with Gasteiger partial charge in [-0.2, -0.15) is 0 Å². The van der Waals surface area contributed by atoms with Crippen LogP contribution >= 0.6 is 39.1 Å². The average molecular weight is 414 g/mol. The van der Waals surface area contributed by atoms with Gasteiger partial charge in [0.25, 0.3) is 5.91 Å². The van der Waals surface area contributed by atoms with Crippen molar-refractivity contribution >= 4 is 50.7 Å². The molecule has 1 aliphatic rings. The van der Waals surface area contributed by atoms with Gasteiger partial charge in [0.15, 0.2) is 0 Å². The van der Waals surface area contributed by atoms with Crippen molar-refractivity contribution in [3.63, 3.8) is 0 Å². The SMILES string of the molecule is O=C(c1cc(Br)ccc1Cl)N1CCN(c2ccccc2Cl)CC1. The fourth-order valence-electron chi connectivity index (χ4n) is 2.69. The van der Waals surface area contributed by atoms with E-state index in [0.717, 1.165) is 28.3 Å². The van der Waals surface area contributed by atoms with E-state index >= 15 is 0 Å². The third-order valence-electron chi connectivity index (χ3n) is 3.92. The van der Waals surface area contributed by atoms with Crippen molar-refractivity contribution < 1.29 is 4.79 Å². The van der Waals surface area contributed by atoms with Crippen LogP contribution in [-0.2, 0) is 0 Å². The summed E-state index contributed by atoms with van der Waals surface area (Å²) >= 11 is 15.8. The molecular formula is C17H15BrCl2N2O. The molecule has 0 saturated carbocycles. The number of piperazine rings is 1. The Hall–Kier alpha value is -1.23. The summed E-state index contributed by atoms with van der Waals surface area (Å²) in [5, 5.41) is 1.22. The van der Waals surface area contributed by atoms with E-state index < -0.39 is 0 Å². The maximum absolute atomic E-state index is 12.7. The molecule has 1 fully saturated rings. The van der Waals surface area contributed by atoms with Gasteiger partial charge in [0.1, 0.15) is 0 Å². The summed E-state index contributed by atoms with van der Waals surface area (Å²) in [4.78, 5) is 16.7. The van der Waals surface area contributed by atoms with Crippen LogP contribution in [0.15, 0.2) is 46.9 Å². The fraction of sp³-hybridized carbons (Fsp3) is 0.235. The monoisotopic (exact) mass is 412 g/mol.